The fraction of sp³-hybridized carbons (Fsp3) is 1.00. The van der Waals surface area contributed by atoms with Crippen molar-refractivity contribution >= 4 is 6.98 Å². The second-order valence-electron chi connectivity index (χ2n) is 5.74. The zero-order chi connectivity index (χ0) is 10.7. The third kappa shape index (κ3) is 2.24. The summed E-state index contributed by atoms with van der Waals surface area (Å²) in [6, 6.07) is 0. The first-order valence-electron chi connectivity index (χ1n) is 5.44. The zero-order valence-corrected chi connectivity index (χ0v) is 13.1. The van der Waals surface area contributed by atoms with Crippen LogP contribution in [0.25, 0.3) is 0 Å². The summed E-state index contributed by atoms with van der Waals surface area (Å²) in [6.45, 7) is 1.43. The van der Waals surface area contributed by atoms with Gasteiger partial charge >= 0.3 is 58.4 Å². The van der Waals surface area contributed by atoms with Gasteiger partial charge in [-0.15, -0.1) is 0 Å². The molecular weight excluding hydrogens is 227 g/mol. The Bertz CT molecular complexity index is 252. The molecule has 0 aromatic carbocycles. The van der Waals surface area contributed by atoms with Crippen molar-refractivity contribution in [2.24, 2.45) is 23.2 Å². The van der Waals surface area contributed by atoms with Crippen LogP contribution in [0.3, 0.4) is 0 Å². The van der Waals surface area contributed by atoms with Gasteiger partial charge in [-0.05, 0) is 23.7 Å². The zero-order valence-electron chi connectivity index (χ0n) is 9.93. The summed E-state index contributed by atoms with van der Waals surface area (Å²) in [7, 11) is 0. The molecule has 0 nitrogen and oxygen atoms in total. The van der Waals surface area contributed by atoms with Gasteiger partial charge in [0, 0.05) is 0 Å². The molecule has 5 heteroatoms. The molecule has 3 aliphatic rings. The molecule has 0 aromatic heterocycles. The number of halogens is 3. The van der Waals surface area contributed by atoms with E-state index in [2.05, 4.69) is 13.8 Å². The molecule has 0 unspecified atom stereocenters. The maximum atomic E-state index is 12.7. The Morgan fingerprint density at radius 2 is 1.67 bits per heavy atom. The molecule has 3 aliphatic carbocycles. The van der Waals surface area contributed by atoms with E-state index < -0.39 is 12.8 Å². The number of rotatable bonds is 1. The van der Waals surface area contributed by atoms with Gasteiger partial charge in [-0.25, -0.2) is 0 Å². The van der Waals surface area contributed by atoms with Crippen molar-refractivity contribution in [3.63, 3.8) is 0 Å². The van der Waals surface area contributed by atoms with Crippen LogP contribution in [0.15, 0.2) is 0 Å². The van der Waals surface area contributed by atoms with Crippen LogP contribution in [-0.4, -0.2) is 6.98 Å². The summed E-state index contributed by atoms with van der Waals surface area (Å²) >= 11 is 0. The summed E-state index contributed by atoms with van der Waals surface area (Å²) in [5, 5.41) is 0. The molecule has 0 aromatic rings. The normalized spacial score (nSPS) is 42.8. The molecule has 3 fully saturated rings. The summed E-state index contributed by atoms with van der Waals surface area (Å²) < 4.78 is 38.1. The average Bonchev–Trinajstić information content (AvgIpc) is 2.01. The Labute approximate surface area is 132 Å². The molecule has 3 saturated carbocycles. The van der Waals surface area contributed by atoms with E-state index in [0.717, 1.165) is 6.42 Å². The third-order valence-electron chi connectivity index (χ3n) is 4.90. The van der Waals surface area contributed by atoms with Crippen LogP contribution in [0.5, 0.6) is 0 Å². The Hall–Kier alpha value is 1.49. The van der Waals surface area contributed by atoms with Gasteiger partial charge in [-0.3, -0.25) is 0 Å². The first-order valence-corrected chi connectivity index (χ1v) is 5.44. The maximum Gasteiger partial charge on any atom is 1.00 e. The Morgan fingerprint density at radius 3 is 2.00 bits per heavy atom. The smallest absolute Gasteiger partial charge is 0.449 e. The largest absolute Gasteiger partial charge is 1.00 e. The van der Waals surface area contributed by atoms with Gasteiger partial charge in [-0.2, -0.15) is 0 Å². The van der Waals surface area contributed by atoms with Gasteiger partial charge in [0.25, 0.3) is 0 Å². The predicted octanol–water partition coefficient (Wildman–Crippen LogP) is 0.910. The molecule has 2 bridgehead atoms. The molecule has 0 spiro atoms. The Morgan fingerprint density at radius 1 is 1.13 bits per heavy atom. The van der Waals surface area contributed by atoms with E-state index >= 15 is 0 Å². The average molecular weight is 244 g/mol. The minimum atomic E-state index is -4.62. The van der Waals surface area contributed by atoms with Crippen LogP contribution >= 0.6 is 0 Å². The van der Waals surface area contributed by atoms with Crippen molar-refractivity contribution in [1.82, 2.24) is 0 Å². The fourth-order valence-electron chi connectivity index (χ4n) is 3.69. The van der Waals surface area contributed by atoms with E-state index in [9.17, 15) is 12.9 Å². The van der Waals surface area contributed by atoms with Crippen LogP contribution < -0.4 is 51.4 Å². The van der Waals surface area contributed by atoms with Gasteiger partial charge < -0.3 is 12.9 Å². The third-order valence-corrected chi connectivity index (χ3v) is 4.90. The first-order chi connectivity index (χ1) is 6.24. The summed E-state index contributed by atoms with van der Waals surface area (Å²) in [4.78, 5) is 0. The number of hydrogen-bond acceptors (Lipinski definition) is 0. The van der Waals surface area contributed by atoms with E-state index in [0.29, 0.717) is 18.3 Å². The van der Waals surface area contributed by atoms with E-state index in [-0.39, 0.29) is 62.7 Å². The van der Waals surface area contributed by atoms with E-state index in [4.69, 9.17) is 0 Å². The Balaban J connectivity index is 0.00000112. The standard InChI is InChI=1S/C10H17BF3.K/c1-6-8-4-7(10(8,2)3)5-9(6)11(12,13)14;/h6-9H,4-5H2,1-3H3;/q-1;+1/t6-,7+,8-,9-;/m1./s1. The molecule has 0 radical (unpaired) electrons. The van der Waals surface area contributed by atoms with E-state index in [1.165, 1.54) is 0 Å². The molecule has 0 N–H and O–H groups in total. The van der Waals surface area contributed by atoms with Crippen molar-refractivity contribution in [3.8, 4) is 0 Å². The van der Waals surface area contributed by atoms with Gasteiger partial charge in [-0.1, -0.05) is 38.9 Å². The van der Waals surface area contributed by atoms with Crippen LogP contribution in [0.1, 0.15) is 33.6 Å². The first kappa shape index (κ1) is 14.6. The van der Waals surface area contributed by atoms with Crippen LogP contribution in [0.4, 0.5) is 12.9 Å². The number of fused-ring (bicyclic) bond motifs is 2. The van der Waals surface area contributed by atoms with E-state index in [1.807, 2.05) is 0 Å². The van der Waals surface area contributed by atoms with E-state index in [1.54, 1.807) is 6.92 Å². The van der Waals surface area contributed by atoms with Crippen molar-refractivity contribution in [2.75, 3.05) is 0 Å². The fourth-order valence-corrected chi connectivity index (χ4v) is 3.69. The molecule has 82 valence electrons. The monoisotopic (exact) mass is 244 g/mol. The van der Waals surface area contributed by atoms with Gasteiger partial charge in [0.1, 0.15) is 0 Å². The van der Waals surface area contributed by atoms with Crippen molar-refractivity contribution in [1.29, 1.82) is 0 Å². The van der Waals surface area contributed by atoms with Gasteiger partial charge in [0.05, 0.1) is 0 Å². The number of hydrogen-bond donors (Lipinski definition) is 0. The van der Waals surface area contributed by atoms with Crippen LogP contribution in [0, 0.1) is 23.2 Å². The summed E-state index contributed by atoms with van der Waals surface area (Å²) in [5.41, 5.74) is 0.164. The minimum absolute atomic E-state index is 0. The second-order valence-corrected chi connectivity index (χ2v) is 5.74. The quantitative estimate of drug-likeness (QED) is 0.601. The molecule has 15 heavy (non-hydrogen) atoms. The molecule has 0 amide bonds. The second kappa shape index (κ2) is 4.30. The molecule has 3 rings (SSSR count). The molecule has 0 heterocycles. The maximum absolute atomic E-state index is 12.7. The Kier molecular flexibility index (Phi) is 4.18. The predicted molar refractivity (Wildman–Crippen MR) is 52.0 cm³/mol. The van der Waals surface area contributed by atoms with Crippen molar-refractivity contribution in [2.45, 2.75) is 39.4 Å². The molecular formula is C10H17BF3K. The molecule has 0 aliphatic heterocycles. The topological polar surface area (TPSA) is 0 Å². The van der Waals surface area contributed by atoms with Crippen molar-refractivity contribution < 1.29 is 64.3 Å². The molecule has 0 saturated heterocycles. The summed E-state index contributed by atoms with van der Waals surface area (Å²) in [6.07, 6.45) is 1.41. The molecule has 4 atom stereocenters. The SMILES string of the molecule is C[C@H]1[C@H]([B-](F)(F)F)C[C@@H]2C[C@H]1C2(C)C.[K+]. The summed E-state index contributed by atoms with van der Waals surface area (Å²) in [5.74, 6) is -0.520. The van der Waals surface area contributed by atoms with Crippen LogP contribution in [0.2, 0.25) is 5.82 Å². The van der Waals surface area contributed by atoms with Gasteiger partial charge in [0.2, 0.25) is 0 Å². The van der Waals surface area contributed by atoms with Gasteiger partial charge in [0.15, 0.2) is 0 Å². The minimum Gasteiger partial charge on any atom is -0.449 e. The van der Waals surface area contributed by atoms with Crippen LogP contribution in [-0.2, 0) is 0 Å². The van der Waals surface area contributed by atoms with Crippen molar-refractivity contribution in [3.05, 3.63) is 0 Å².